The minimum atomic E-state index is -3.84. The van der Waals surface area contributed by atoms with Gasteiger partial charge in [0.15, 0.2) is 0 Å². The molecule has 0 atom stereocenters. The van der Waals surface area contributed by atoms with Gasteiger partial charge in [0.1, 0.15) is 4.21 Å². The van der Waals surface area contributed by atoms with Crippen LogP contribution in [0.2, 0.25) is 5.02 Å². The summed E-state index contributed by atoms with van der Waals surface area (Å²) in [5.41, 5.74) is 1.26. The zero-order chi connectivity index (χ0) is 19.7. The second kappa shape index (κ2) is 7.51. The maximum absolute atomic E-state index is 12.6. The van der Waals surface area contributed by atoms with E-state index in [1.165, 1.54) is 30.3 Å². The third-order valence-corrected chi connectivity index (χ3v) is 8.26. The summed E-state index contributed by atoms with van der Waals surface area (Å²) >= 11 is 7.11. The van der Waals surface area contributed by atoms with Crippen molar-refractivity contribution in [2.75, 3.05) is 9.44 Å². The van der Waals surface area contributed by atoms with E-state index in [2.05, 4.69) is 9.44 Å². The van der Waals surface area contributed by atoms with E-state index < -0.39 is 20.0 Å². The van der Waals surface area contributed by atoms with E-state index in [0.29, 0.717) is 16.3 Å². The van der Waals surface area contributed by atoms with Gasteiger partial charge in [-0.05, 0) is 60.3 Å². The molecule has 0 aliphatic heterocycles. The monoisotopic (exact) mass is 442 g/mol. The molecule has 3 rings (SSSR count). The van der Waals surface area contributed by atoms with Gasteiger partial charge in [0, 0.05) is 10.7 Å². The van der Waals surface area contributed by atoms with Gasteiger partial charge in [-0.25, -0.2) is 16.8 Å². The first-order valence-electron chi connectivity index (χ1n) is 7.63. The van der Waals surface area contributed by atoms with Gasteiger partial charge in [-0.15, -0.1) is 11.3 Å². The number of thiophene rings is 1. The fraction of sp³-hybridized carbons (Fsp3) is 0.0588. The quantitative estimate of drug-likeness (QED) is 0.594. The van der Waals surface area contributed by atoms with Crippen LogP contribution in [0.1, 0.15) is 5.56 Å². The molecule has 0 radical (unpaired) electrons. The Kier molecular flexibility index (Phi) is 5.48. The first kappa shape index (κ1) is 19.7. The molecule has 0 spiro atoms. The highest BCUT2D eigenvalue weighted by atomic mass is 35.5. The van der Waals surface area contributed by atoms with Crippen molar-refractivity contribution in [2.45, 2.75) is 16.0 Å². The highest BCUT2D eigenvalue weighted by molar-refractivity contribution is 7.94. The van der Waals surface area contributed by atoms with E-state index >= 15 is 0 Å². The van der Waals surface area contributed by atoms with Gasteiger partial charge in [-0.2, -0.15) is 0 Å². The lowest BCUT2D eigenvalue weighted by Gasteiger charge is -2.12. The average molecular weight is 443 g/mol. The van der Waals surface area contributed by atoms with Crippen molar-refractivity contribution in [1.29, 1.82) is 0 Å². The number of hydrogen-bond donors (Lipinski definition) is 2. The molecule has 1 aromatic heterocycles. The van der Waals surface area contributed by atoms with Gasteiger partial charge >= 0.3 is 0 Å². The van der Waals surface area contributed by atoms with Crippen LogP contribution < -0.4 is 9.44 Å². The highest BCUT2D eigenvalue weighted by Crippen LogP contribution is 2.26. The summed E-state index contributed by atoms with van der Waals surface area (Å²) < 4.78 is 54.6. The smallest absolute Gasteiger partial charge is 0.271 e. The summed E-state index contributed by atoms with van der Waals surface area (Å²) in [4.78, 5) is 0.000877. The lowest BCUT2D eigenvalue weighted by atomic mass is 10.2. The third kappa shape index (κ3) is 4.44. The number of hydrogen-bond acceptors (Lipinski definition) is 5. The Morgan fingerprint density at radius 2 is 1.56 bits per heavy atom. The zero-order valence-corrected chi connectivity index (χ0v) is 17.2. The van der Waals surface area contributed by atoms with Crippen LogP contribution in [0.5, 0.6) is 0 Å². The predicted octanol–water partition coefficient (Wildman–Crippen LogP) is 4.31. The van der Waals surface area contributed by atoms with Crippen LogP contribution in [0.15, 0.2) is 69.1 Å². The lowest BCUT2D eigenvalue weighted by Crippen LogP contribution is -2.14. The predicted molar refractivity (Wildman–Crippen MR) is 109 cm³/mol. The Labute approximate surface area is 166 Å². The first-order chi connectivity index (χ1) is 12.7. The summed E-state index contributed by atoms with van der Waals surface area (Å²) in [5, 5.41) is 2.11. The molecule has 0 amide bonds. The highest BCUT2D eigenvalue weighted by Gasteiger charge is 2.18. The van der Waals surface area contributed by atoms with Crippen LogP contribution in [-0.4, -0.2) is 16.8 Å². The molecule has 27 heavy (non-hydrogen) atoms. The second-order valence-corrected chi connectivity index (χ2v) is 10.5. The average Bonchev–Trinajstić information content (AvgIpc) is 3.15. The number of benzene rings is 2. The van der Waals surface area contributed by atoms with Crippen molar-refractivity contribution in [3.05, 3.63) is 70.6 Å². The number of rotatable bonds is 6. The summed E-state index contributed by atoms with van der Waals surface area (Å²) in [6.07, 6.45) is 0. The molecule has 2 N–H and O–H groups in total. The first-order valence-corrected chi connectivity index (χ1v) is 11.9. The van der Waals surface area contributed by atoms with E-state index in [-0.39, 0.29) is 14.8 Å². The molecule has 142 valence electrons. The Morgan fingerprint density at radius 3 is 2.19 bits per heavy atom. The Bertz CT molecular complexity index is 1160. The molecule has 1 heterocycles. The molecule has 0 bridgehead atoms. The van der Waals surface area contributed by atoms with E-state index in [1.54, 1.807) is 36.6 Å². The van der Waals surface area contributed by atoms with E-state index in [4.69, 9.17) is 11.6 Å². The van der Waals surface area contributed by atoms with Gasteiger partial charge in [0.05, 0.1) is 10.6 Å². The SMILES string of the molecule is Cc1c(Cl)cccc1NS(=O)(=O)c1ccc(NS(=O)(=O)c2cccs2)cc1. The summed E-state index contributed by atoms with van der Waals surface area (Å²) in [6, 6.07) is 13.5. The lowest BCUT2D eigenvalue weighted by molar-refractivity contribution is 0.600. The molecular weight excluding hydrogens is 428 g/mol. The van der Waals surface area contributed by atoms with Crippen LogP contribution in [-0.2, 0) is 20.0 Å². The van der Waals surface area contributed by atoms with E-state index in [9.17, 15) is 16.8 Å². The van der Waals surface area contributed by atoms with Gasteiger partial charge in [0.2, 0.25) is 0 Å². The van der Waals surface area contributed by atoms with E-state index in [1.807, 2.05) is 0 Å². The van der Waals surface area contributed by atoms with Gasteiger partial charge in [0.25, 0.3) is 20.0 Å². The molecule has 0 unspecified atom stereocenters. The van der Waals surface area contributed by atoms with Crippen molar-refractivity contribution in [2.24, 2.45) is 0 Å². The second-order valence-electron chi connectivity index (χ2n) is 5.58. The van der Waals surface area contributed by atoms with Crippen LogP contribution in [0.3, 0.4) is 0 Å². The molecule has 3 aromatic rings. The van der Waals surface area contributed by atoms with Crippen LogP contribution in [0.25, 0.3) is 0 Å². The third-order valence-electron chi connectivity index (χ3n) is 3.69. The zero-order valence-electron chi connectivity index (χ0n) is 14.0. The molecular formula is C17H15ClN2O4S3. The maximum Gasteiger partial charge on any atom is 0.271 e. The summed E-state index contributed by atoms with van der Waals surface area (Å²) in [7, 11) is -7.53. The normalized spacial score (nSPS) is 11.9. The van der Waals surface area contributed by atoms with Crippen molar-refractivity contribution in [1.82, 2.24) is 0 Å². The Balaban J connectivity index is 1.81. The van der Waals surface area contributed by atoms with E-state index in [0.717, 1.165) is 11.3 Å². The molecule has 6 nitrogen and oxygen atoms in total. The van der Waals surface area contributed by atoms with Gasteiger partial charge in [-0.3, -0.25) is 9.44 Å². The summed E-state index contributed by atoms with van der Waals surface area (Å²) in [6.45, 7) is 1.71. The topological polar surface area (TPSA) is 92.3 Å². The van der Waals surface area contributed by atoms with Crippen molar-refractivity contribution in [3.8, 4) is 0 Å². The summed E-state index contributed by atoms with van der Waals surface area (Å²) in [5.74, 6) is 0. The molecule has 0 aliphatic carbocycles. The van der Waals surface area contributed by atoms with Crippen molar-refractivity contribution < 1.29 is 16.8 Å². The minimum Gasteiger partial charge on any atom is -0.279 e. The van der Waals surface area contributed by atoms with Crippen LogP contribution >= 0.6 is 22.9 Å². The van der Waals surface area contributed by atoms with Crippen molar-refractivity contribution >= 4 is 54.4 Å². The molecule has 0 saturated carbocycles. The van der Waals surface area contributed by atoms with Gasteiger partial charge < -0.3 is 0 Å². The Hall–Kier alpha value is -2.07. The van der Waals surface area contributed by atoms with Crippen LogP contribution in [0, 0.1) is 6.92 Å². The molecule has 0 saturated heterocycles. The molecule has 0 fully saturated rings. The number of nitrogens with one attached hydrogen (secondary N) is 2. The van der Waals surface area contributed by atoms with Crippen LogP contribution in [0.4, 0.5) is 11.4 Å². The minimum absolute atomic E-state index is 0.000877. The van der Waals surface area contributed by atoms with Crippen molar-refractivity contribution in [3.63, 3.8) is 0 Å². The molecule has 10 heteroatoms. The standard InChI is InChI=1S/C17H15ClN2O4S3/c1-12-15(18)4-2-5-16(12)20-26(21,22)14-9-7-13(8-10-14)19-27(23,24)17-6-3-11-25-17/h2-11,19-20H,1H3. The largest absolute Gasteiger partial charge is 0.279 e. The number of anilines is 2. The number of sulfonamides is 2. The Morgan fingerprint density at radius 1 is 0.852 bits per heavy atom. The fourth-order valence-corrected chi connectivity index (χ4v) is 5.59. The molecule has 0 aliphatic rings. The number of halogens is 1. The fourth-order valence-electron chi connectivity index (χ4n) is 2.25. The maximum atomic E-state index is 12.6. The molecule has 2 aromatic carbocycles. The van der Waals surface area contributed by atoms with Gasteiger partial charge in [-0.1, -0.05) is 23.7 Å².